The van der Waals surface area contributed by atoms with Crippen LogP contribution in [0.5, 0.6) is 0 Å². The number of thioether (sulfide) groups is 1. The molecule has 1 saturated heterocycles. The topological polar surface area (TPSA) is 32.3 Å². The Kier molecular flexibility index (Phi) is 5.79. The maximum absolute atomic E-state index is 12.8. The fraction of sp³-hybridized carbons (Fsp3) is 0.938. The van der Waals surface area contributed by atoms with Crippen molar-refractivity contribution in [3.8, 4) is 0 Å². The van der Waals surface area contributed by atoms with E-state index in [0.717, 1.165) is 12.8 Å². The molecule has 2 aliphatic rings. The summed E-state index contributed by atoms with van der Waals surface area (Å²) in [5, 5.41) is 4.22. The highest BCUT2D eigenvalue weighted by Crippen LogP contribution is 2.35. The number of amides is 1. The zero-order chi connectivity index (χ0) is 14.7. The van der Waals surface area contributed by atoms with Crippen LogP contribution in [-0.4, -0.2) is 40.6 Å². The maximum atomic E-state index is 12.8. The smallest absolute Gasteiger partial charge is 0.241 e. The lowest BCUT2D eigenvalue weighted by Gasteiger charge is -2.41. The second-order valence-corrected chi connectivity index (χ2v) is 7.65. The lowest BCUT2D eigenvalue weighted by atomic mass is 9.92. The highest BCUT2D eigenvalue weighted by atomic mass is 32.2. The minimum absolute atomic E-state index is 0.0526. The first kappa shape index (κ1) is 16.2. The lowest BCUT2D eigenvalue weighted by Crippen LogP contribution is -2.52. The van der Waals surface area contributed by atoms with Gasteiger partial charge < -0.3 is 4.90 Å². The second kappa shape index (κ2) is 7.17. The van der Waals surface area contributed by atoms with Crippen LogP contribution in [0.4, 0.5) is 0 Å². The molecule has 1 aliphatic carbocycles. The van der Waals surface area contributed by atoms with Gasteiger partial charge in [0.2, 0.25) is 5.91 Å². The highest BCUT2D eigenvalue weighted by molar-refractivity contribution is 7.99. The summed E-state index contributed by atoms with van der Waals surface area (Å²) in [6.07, 6.45) is 9.51. The monoisotopic (exact) mass is 298 g/mol. The second-order valence-electron chi connectivity index (χ2n) is 6.57. The van der Waals surface area contributed by atoms with Crippen molar-refractivity contribution in [1.82, 2.24) is 10.2 Å². The Morgan fingerprint density at radius 3 is 2.65 bits per heavy atom. The number of rotatable bonds is 5. The van der Waals surface area contributed by atoms with Crippen LogP contribution in [0.25, 0.3) is 0 Å². The standard InChI is InChI=1S/C16H30N2OS/c1-5-8-12-16(19)18(15(17-12)11(2)3)13-9-6-7-10-14(13)20-4/h11-15,17H,5-10H2,1-4H3. The molecule has 0 aromatic carbocycles. The summed E-state index contributed by atoms with van der Waals surface area (Å²) in [7, 11) is 0. The first-order chi connectivity index (χ1) is 9.60. The van der Waals surface area contributed by atoms with E-state index in [1.54, 1.807) is 0 Å². The summed E-state index contributed by atoms with van der Waals surface area (Å²) in [6.45, 7) is 6.61. The van der Waals surface area contributed by atoms with Gasteiger partial charge in [-0.05, 0) is 31.4 Å². The Hall–Kier alpha value is -0.220. The van der Waals surface area contributed by atoms with Gasteiger partial charge in [0.25, 0.3) is 0 Å². The largest absolute Gasteiger partial charge is 0.321 e. The molecule has 2 fully saturated rings. The molecular weight excluding hydrogens is 268 g/mol. The summed E-state index contributed by atoms with van der Waals surface area (Å²) < 4.78 is 0. The Balaban J connectivity index is 2.18. The van der Waals surface area contributed by atoms with Gasteiger partial charge in [0.1, 0.15) is 0 Å². The molecule has 3 nitrogen and oxygen atoms in total. The Morgan fingerprint density at radius 2 is 2.05 bits per heavy atom. The minimum Gasteiger partial charge on any atom is -0.321 e. The van der Waals surface area contributed by atoms with Crippen LogP contribution >= 0.6 is 11.8 Å². The van der Waals surface area contributed by atoms with E-state index < -0.39 is 0 Å². The number of hydrogen-bond acceptors (Lipinski definition) is 3. The van der Waals surface area contributed by atoms with E-state index in [2.05, 4.69) is 37.2 Å². The van der Waals surface area contributed by atoms with Gasteiger partial charge in [0, 0.05) is 11.3 Å². The number of nitrogens with one attached hydrogen (secondary N) is 1. The van der Waals surface area contributed by atoms with Crippen LogP contribution in [0, 0.1) is 5.92 Å². The van der Waals surface area contributed by atoms with Crippen molar-refractivity contribution in [1.29, 1.82) is 0 Å². The van der Waals surface area contributed by atoms with Crippen LogP contribution in [-0.2, 0) is 4.79 Å². The number of nitrogens with zero attached hydrogens (tertiary/aromatic N) is 1. The minimum atomic E-state index is 0.0526. The molecule has 1 amide bonds. The Morgan fingerprint density at radius 1 is 1.35 bits per heavy atom. The quantitative estimate of drug-likeness (QED) is 0.845. The van der Waals surface area contributed by atoms with Crippen LogP contribution in [0.1, 0.15) is 59.3 Å². The van der Waals surface area contributed by atoms with Gasteiger partial charge in [-0.3, -0.25) is 10.1 Å². The van der Waals surface area contributed by atoms with Gasteiger partial charge >= 0.3 is 0 Å². The van der Waals surface area contributed by atoms with Gasteiger partial charge in [0.15, 0.2) is 0 Å². The fourth-order valence-corrected chi connectivity index (χ4v) is 4.71. The molecule has 1 saturated carbocycles. The first-order valence-corrected chi connectivity index (χ1v) is 9.50. The molecule has 116 valence electrons. The fourth-order valence-electron chi connectivity index (χ4n) is 3.72. The third kappa shape index (κ3) is 3.16. The van der Waals surface area contributed by atoms with Gasteiger partial charge in [-0.15, -0.1) is 0 Å². The van der Waals surface area contributed by atoms with E-state index in [0.29, 0.717) is 23.1 Å². The number of carbonyl (C=O) groups is 1. The number of hydrogen-bond donors (Lipinski definition) is 1. The third-order valence-electron chi connectivity index (χ3n) is 4.76. The van der Waals surface area contributed by atoms with Crippen molar-refractivity contribution in [3.63, 3.8) is 0 Å². The van der Waals surface area contributed by atoms with Crippen molar-refractivity contribution in [2.24, 2.45) is 5.92 Å². The molecule has 0 bridgehead atoms. The van der Waals surface area contributed by atoms with Gasteiger partial charge in [0.05, 0.1) is 12.2 Å². The molecule has 2 rings (SSSR count). The predicted molar refractivity (Wildman–Crippen MR) is 86.9 cm³/mol. The van der Waals surface area contributed by atoms with Crippen molar-refractivity contribution in [3.05, 3.63) is 0 Å². The molecule has 0 aromatic rings. The maximum Gasteiger partial charge on any atom is 0.241 e. The van der Waals surface area contributed by atoms with E-state index in [1.807, 2.05) is 11.8 Å². The molecule has 4 unspecified atom stereocenters. The summed E-state index contributed by atoms with van der Waals surface area (Å²) in [5.41, 5.74) is 0. The summed E-state index contributed by atoms with van der Waals surface area (Å²) in [5.74, 6) is 0.835. The first-order valence-electron chi connectivity index (χ1n) is 8.21. The highest BCUT2D eigenvalue weighted by Gasteiger charge is 2.45. The predicted octanol–water partition coefficient (Wildman–Crippen LogP) is 3.24. The average Bonchev–Trinajstić information content (AvgIpc) is 2.77. The summed E-state index contributed by atoms with van der Waals surface area (Å²) >= 11 is 1.95. The van der Waals surface area contributed by atoms with E-state index in [-0.39, 0.29) is 12.2 Å². The van der Waals surface area contributed by atoms with Gasteiger partial charge in [-0.2, -0.15) is 11.8 Å². The van der Waals surface area contributed by atoms with E-state index in [9.17, 15) is 4.79 Å². The average molecular weight is 298 g/mol. The summed E-state index contributed by atoms with van der Waals surface area (Å²) in [6, 6.07) is 0.491. The molecular formula is C16H30N2OS. The zero-order valence-corrected chi connectivity index (χ0v) is 14.2. The lowest BCUT2D eigenvalue weighted by molar-refractivity contribution is -0.133. The van der Waals surface area contributed by atoms with Crippen molar-refractivity contribution in [2.75, 3.05) is 6.26 Å². The van der Waals surface area contributed by atoms with Crippen molar-refractivity contribution < 1.29 is 4.79 Å². The van der Waals surface area contributed by atoms with E-state index >= 15 is 0 Å². The normalized spacial score (nSPS) is 35.0. The molecule has 0 spiro atoms. The molecule has 4 heteroatoms. The zero-order valence-electron chi connectivity index (χ0n) is 13.4. The van der Waals surface area contributed by atoms with Crippen molar-refractivity contribution >= 4 is 17.7 Å². The van der Waals surface area contributed by atoms with Gasteiger partial charge in [-0.1, -0.05) is 40.0 Å². The third-order valence-corrected chi connectivity index (χ3v) is 5.92. The molecule has 1 aliphatic heterocycles. The molecule has 1 N–H and O–H groups in total. The van der Waals surface area contributed by atoms with Crippen LogP contribution in [0.2, 0.25) is 0 Å². The summed E-state index contributed by atoms with van der Waals surface area (Å²) in [4.78, 5) is 15.1. The van der Waals surface area contributed by atoms with Crippen molar-refractivity contribution in [2.45, 2.75) is 82.8 Å². The molecule has 0 radical (unpaired) electrons. The van der Waals surface area contributed by atoms with Crippen LogP contribution in [0.15, 0.2) is 0 Å². The van der Waals surface area contributed by atoms with Crippen LogP contribution < -0.4 is 5.32 Å². The Labute approximate surface area is 128 Å². The van der Waals surface area contributed by atoms with Gasteiger partial charge in [-0.25, -0.2) is 0 Å². The van der Waals surface area contributed by atoms with E-state index in [1.165, 1.54) is 25.7 Å². The van der Waals surface area contributed by atoms with Crippen LogP contribution in [0.3, 0.4) is 0 Å². The van der Waals surface area contributed by atoms with E-state index in [4.69, 9.17) is 0 Å². The number of carbonyl (C=O) groups excluding carboxylic acids is 1. The Bertz CT molecular complexity index is 334. The molecule has 4 atom stereocenters. The SMILES string of the molecule is CCCC1NC(C(C)C)N(C2CCCCC2SC)C1=O. The molecule has 1 heterocycles. The molecule has 20 heavy (non-hydrogen) atoms. The molecule has 0 aromatic heterocycles.